The van der Waals surface area contributed by atoms with E-state index in [1.165, 1.54) is 89.9 Å². The van der Waals surface area contributed by atoms with Crippen molar-refractivity contribution in [2.45, 2.75) is 109 Å². The van der Waals surface area contributed by atoms with Crippen LogP contribution in [0.25, 0.3) is 0 Å². The maximum absolute atomic E-state index is 12.3. The van der Waals surface area contributed by atoms with E-state index in [-0.39, 0.29) is 0 Å². The van der Waals surface area contributed by atoms with Gasteiger partial charge >= 0.3 is 0 Å². The van der Waals surface area contributed by atoms with Crippen LogP contribution < -0.4 is 0 Å². The van der Waals surface area contributed by atoms with E-state index in [2.05, 4.69) is 6.92 Å². The summed E-state index contributed by atoms with van der Waals surface area (Å²) in [5, 5.41) is 0. The van der Waals surface area contributed by atoms with Gasteiger partial charge in [0.15, 0.2) is 0 Å². The molecule has 1 aliphatic heterocycles. The van der Waals surface area contributed by atoms with Gasteiger partial charge in [0.1, 0.15) is 0 Å². The molecule has 4 aliphatic rings. The van der Waals surface area contributed by atoms with Gasteiger partial charge in [-0.15, -0.1) is 0 Å². The average Bonchev–Trinajstić information content (AvgIpc) is 2.79. The third-order valence-electron chi connectivity index (χ3n) is 9.53. The van der Waals surface area contributed by atoms with Crippen molar-refractivity contribution in [1.29, 1.82) is 0 Å². The van der Waals surface area contributed by atoms with Crippen LogP contribution in [0.2, 0.25) is 0 Å². The lowest BCUT2D eigenvalue weighted by Gasteiger charge is -2.42. The molecule has 0 aromatic carbocycles. The summed E-state index contributed by atoms with van der Waals surface area (Å²) in [6.07, 6.45) is 19.8. The average molecular weight is 423 g/mol. The zero-order valence-electron chi connectivity index (χ0n) is 19.2. The van der Waals surface area contributed by atoms with E-state index in [4.69, 9.17) is 4.74 Å². The molecule has 3 saturated carbocycles. The Balaban J connectivity index is 1.14. The molecule has 2 unspecified atom stereocenters. The van der Waals surface area contributed by atoms with Gasteiger partial charge in [-0.2, -0.15) is 8.78 Å². The van der Waals surface area contributed by atoms with Crippen LogP contribution in [0.4, 0.5) is 8.78 Å². The third kappa shape index (κ3) is 6.08. The van der Waals surface area contributed by atoms with Gasteiger partial charge in [0.05, 0.1) is 6.10 Å². The molecule has 0 spiro atoms. The van der Waals surface area contributed by atoms with Crippen LogP contribution in [0.15, 0.2) is 12.2 Å². The zero-order chi connectivity index (χ0) is 20.9. The molecule has 0 aromatic rings. The number of hydrogen-bond donors (Lipinski definition) is 0. The monoisotopic (exact) mass is 422 g/mol. The quantitative estimate of drug-likeness (QED) is 0.432. The van der Waals surface area contributed by atoms with Crippen LogP contribution in [-0.2, 0) is 4.74 Å². The Kier molecular flexibility index (Phi) is 8.28. The fourth-order valence-corrected chi connectivity index (χ4v) is 7.50. The van der Waals surface area contributed by atoms with Crippen molar-refractivity contribution in [2.75, 3.05) is 6.61 Å². The predicted molar refractivity (Wildman–Crippen MR) is 119 cm³/mol. The molecule has 0 radical (unpaired) electrons. The van der Waals surface area contributed by atoms with Crippen LogP contribution in [0, 0.1) is 41.4 Å². The molecular formula is C27H44F2O. The van der Waals surface area contributed by atoms with Crippen molar-refractivity contribution in [3.8, 4) is 0 Å². The molecule has 0 N–H and O–H groups in total. The normalized spacial score (nSPS) is 43.2. The molecule has 0 amide bonds. The van der Waals surface area contributed by atoms with Crippen LogP contribution >= 0.6 is 0 Å². The molecular weight excluding hydrogens is 378 g/mol. The van der Waals surface area contributed by atoms with Crippen LogP contribution in [0.1, 0.15) is 103 Å². The molecule has 4 rings (SSSR count). The lowest BCUT2D eigenvalue weighted by Crippen LogP contribution is -2.35. The lowest BCUT2D eigenvalue weighted by atomic mass is 9.64. The van der Waals surface area contributed by atoms with Gasteiger partial charge in [-0.25, -0.2) is 0 Å². The zero-order valence-corrected chi connectivity index (χ0v) is 19.2. The summed E-state index contributed by atoms with van der Waals surface area (Å²) in [7, 11) is 0. The van der Waals surface area contributed by atoms with Crippen molar-refractivity contribution in [3.63, 3.8) is 0 Å². The fraction of sp³-hybridized carbons (Fsp3) is 0.926. The minimum absolute atomic E-state index is 0.505. The van der Waals surface area contributed by atoms with E-state index >= 15 is 0 Å². The van der Waals surface area contributed by atoms with Crippen LogP contribution in [0.3, 0.4) is 0 Å². The number of ether oxygens (including phenoxy) is 1. The summed E-state index contributed by atoms with van der Waals surface area (Å²) in [4.78, 5) is 0. The maximum Gasteiger partial charge on any atom is 0.266 e. The molecule has 1 heterocycles. The molecule has 3 aliphatic carbocycles. The first-order valence-corrected chi connectivity index (χ1v) is 13.2. The van der Waals surface area contributed by atoms with E-state index < -0.39 is 6.08 Å². The number of rotatable bonds is 5. The first-order chi connectivity index (χ1) is 14.6. The van der Waals surface area contributed by atoms with Crippen molar-refractivity contribution in [1.82, 2.24) is 0 Å². The van der Waals surface area contributed by atoms with Gasteiger partial charge in [0.25, 0.3) is 6.08 Å². The Morgan fingerprint density at radius 3 is 1.57 bits per heavy atom. The van der Waals surface area contributed by atoms with Crippen molar-refractivity contribution in [2.24, 2.45) is 41.4 Å². The Bertz CT molecular complexity index is 525. The Morgan fingerprint density at radius 1 is 0.667 bits per heavy atom. The fourth-order valence-electron chi connectivity index (χ4n) is 7.50. The first kappa shape index (κ1) is 22.7. The van der Waals surface area contributed by atoms with E-state index in [0.717, 1.165) is 48.2 Å². The highest BCUT2D eigenvalue weighted by atomic mass is 19.3. The van der Waals surface area contributed by atoms with Gasteiger partial charge in [-0.3, -0.25) is 0 Å². The SMILES string of the molecule is CC1CCC(C2CCC(C3CCC(C4CCC(CC=C(F)F)CC4)CC3)CC2)OC1. The molecule has 1 saturated heterocycles. The van der Waals surface area contributed by atoms with Gasteiger partial charge in [-0.1, -0.05) is 6.92 Å². The van der Waals surface area contributed by atoms with Gasteiger partial charge in [-0.05, 0) is 144 Å². The standard InChI is InChI=1S/C27H44F2O/c1-19-2-16-26(30-18-19)25-14-12-24(13-15-25)23-10-8-22(9-11-23)21-6-3-20(4-7-21)5-17-27(28)29/h17,19-26H,2-16,18H2,1H3. The molecule has 2 atom stereocenters. The van der Waals surface area contributed by atoms with Gasteiger partial charge in [0, 0.05) is 6.61 Å². The highest BCUT2D eigenvalue weighted by Gasteiger charge is 2.36. The van der Waals surface area contributed by atoms with E-state index in [0.29, 0.717) is 18.4 Å². The molecule has 172 valence electrons. The van der Waals surface area contributed by atoms with E-state index in [9.17, 15) is 8.78 Å². The topological polar surface area (TPSA) is 9.23 Å². The molecule has 0 bridgehead atoms. The van der Waals surface area contributed by atoms with Gasteiger partial charge < -0.3 is 4.74 Å². The minimum atomic E-state index is -1.50. The summed E-state index contributed by atoms with van der Waals surface area (Å²) in [5.41, 5.74) is 0. The third-order valence-corrected chi connectivity index (χ3v) is 9.53. The van der Waals surface area contributed by atoms with Gasteiger partial charge in [0.2, 0.25) is 0 Å². The molecule has 3 heteroatoms. The second kappa shape index (κ2) is 10.9. The second-order valence-corrected chi connectivity index (χ2v) is 11.4. The van der Waals surface area contributed by atoms with Crippen molar-refractivity contribution >= 4 is 0 Å². The van der Waals surface area contributed by atoms with Crippen molar-refractivity contribution in [3.05, 3.63) is 12.2 Å². The number of halogens is 2. The van der Waals surface area contributed by atoms with Crippen LogP contribution in [0.5, 0.6) is 0 Å². The van der Waals surface area contributed by atoms with E-state index in [1.807, 2.05) is 0 Å². The minimum Gasteiger partial charge on any atom is -0.378 e. The Labute approximate surface area is 183 Å². The largest absolute Gasteiger partial charge is 0.378 e. The summed E-state index contributed by atoms with van der Waals surface area (Å²) >= 11 is 0. The molecule has 1 nitrogen and oxygen atoms in total. The maximum atomic E-state index is 12.3. The molecule has 4 fully saturated rings. The second-order valence-electron chi connectivity index (χ2n) is 11.4. The summed E-state index contributed by atoms with van der Waals surface area (Å²) in [6, 6.07) is 0. The first-order valence-electron chi connectivity index (χ1n) is 13.2. The number of allylic oxidation sites excluding steroid dienone is 1. The molecule has 30 heavy (non-hydrogen) atoms. The lowest BCUT2D eigenvalue weighted by molar-refractivity contribution is -0.0571. The highest BCUT2D eigenvalue weighted by Crippen LogP contribution is 2.47. The van der Waals surface area contributed by atoms with E-state index in [1.54, 1.807) is 0 Å². The predicted octanol–water partition coefficient (Wildman–Crippen LogP) is 8.39. The Morgan fingerprint density at radius 2 is 1.13 bits per heavy atom. The molecule has 0 aromatic heterocycles. The summed E-state index contributed by atoms with van der Waals surface area (Å²) in [6.45, 7) is 3.31. The van der Waals surface area contributed by atoms with Crippen LogP contribution in [-0.4, -0.2) is 12.7 Å². The summed E-state index contributed by atoms with van der Waals surface area (Å²) in [5.74, 6) is 5.85. The highest BCUT2D eigenvalue weighted by molar-refractivity contribution is 4.89. The Hall–Kier alpha value is -0.440. The smallest absolute Gasteiger partial charge is 0.266 e. The number of hydrogen-bond acceptors (Lipinski definition) is 1. The summed E-state index contributed by atoms with van der Waals surface area (Å²) < 4.78 is 30.9. The van der Waals surface area contributed by atoms with Crippen molar-refractivity contribution < 1.29 is 13.5 Å².